The monoisotopic (exact) mass is 378 g/mol. The Hall–Kier alpha value is -1.23. The minimum absolute atomic E-state index is 0.0359. The molecule has 3 aliphatic rings. The molecule has 2 aliphatic carbocycles. The van der Waals surface area contributed by atoms with Crippen molar-refractivity contribution < 1.29 is 23.9 Å². The molecule has 27 heavy (non-hydrogen) atoms. The van der Waals surface area contributed by atoms with E-state index in [0.29, 0.717) is 24.7 Å². The van der Waals surface area contributed by atoms with E-state index in [2.05, 4.69) is 20.8 Å². The zero-order valence-electron chi connectivity index (χ0n) is 17.4. The lowest BCUT2D eigenvalue weighted by atomic mass is 9.65. The van der Waals surface area contributed by atoms with E-state index in [1.54, 1.807) is 6.92 Å². The summed E-state index contributed by atoms with van der Waals surface area (Å²) in [7, 11) is 0. The summed E-state index contributed by atoms with van der Waals surface area (Å²) < 4.78 is 11.0. The zero-order valence-corrected chi connectivity index (χ0v) is 17.4. The molecule has 3 rings (SSSR count). The summed E-state index contributed by atoms with van der Waals surface area (Å²) in [5, 5.41) is 0. The molecule has 0 unspecified atom stereocenters. The number of carbonyl (C=O) groups is 3. The third-order valence-electron chi connectivity index (χ3n) is 7.77. The van der Waals surface area contributed by atoms with E-state index >= 15 is 0 Å². The molecule has 0 radical (unpaired) electrons. The Labute approximate surface area is 162 Å². The van der Waals surface area contributed by atoms with Crippen LogP contribution in [0.4, 0.5) is 0 Å². The molecule has 2 saturated carbocycles. The number of esters is 1. The van der Waals surface area contributed by atoms with Crippen molar-refractivity contribution in [3.63, 3.8) is 0 Å². The van der Waals surface area contributed by atoms with E-state index in [1.807, 2.05) is 6.92 Å². The summed E-state index contributed by atoms with van der Waals surface area (Å²) in [4.78, 5) is 36.8. The van der Waals surface area contributed by atoms with Crippen LogP contribution in [-0.4, -0.2) is 35.8 Å². The van der Waals surface area contributed by atoms with E-state index in [-0.39, 0.29) is 48.1 Å². The summed E-state index contributed by atoms with van der Waals surface area (Å²) in [6.07, 6.45) is 4.08. The Morgan fingerprint density at radius 1 is 1.26 bits per heavy atom. The van der Waals surface area contributed by atoms with Crippen LogP contribution >= 0.6 is 0 Å². The van der Waals surface area contributed by atoms with Crippen molar-refractivity contribution in [1.29, 1.82) is 0 Å². The maximum Gasteiger partial charge on any atom is 0.313 e. The lowest BCUT2D eigenvalue weighted by molar-refractivity contribution is -0.145. The molecule has 0 aromatic rings. The molecular weight excluding hydrogens is 344 g/mol. The molecule has 0 amide bonds. The van der Waals surface area contributed by atoms with Crippen molar-refractivity contribution in [3.8, 4) is 0 Å². The summed E-state index contributed by atoms with van der Waals surface area (Å²) >= 11 is 0. The lowest BCUT2D eigenvalue weighted by Gasteiger charge is -2.40. The van der Waals surface area contributed by atoms with Gasteiger partial charge in [-0.1, -0.05) is 27.7 Å². The number of epoxide rings is 1. The molecule has 1 saturated heterocycles. The number of ether oxygens (including phenoxy) is 2. The van der Waals surface area contributed by atoms with Gasteiger partial charge in [0.2, 0.25) is 0 Å². The number of Topliss-reactive ketones (excluding diaryl/α,β-unsaturated/α-hetero) is 2. The van der Waals surface area contributed by atoms with Gasteiger partial charge in [-0.05, 0) is 44.4 Å². The van der Waals surface area contributed by atoms with Crippen molar-refractivity contribution in [2.45, 2.75) is 91.3 Å². The molecule has 1 aliphatic heterocycles. The Morgan fingerprint density at radius 3 is 2.59 bits per heavy atom. The van der Waals surface area contributed by atoms with Gasteiger partial charge in [-0.3, -0.25) is 14.4 Å². The highest BCUT2D eigenvalue weighted by Gasteiger charge is 2.76. The van der Waals surface area contributed by atoms with Crippen LogP contribution in [0.15, 0.2) is 0 Å². The molecular formula is C22H34O5. The number of ketones is 2. The Bertz CT molecular complexity index is 641. The number of hydrogen-bond acceptors (Lipinski definition) is 5. The summed E-state index contributed by atoms with van der Waals surface area (Å²) in [5.41, 5.74) is -0.746. The van der Waals surface area contributed by atoms with Gasteiger partial charge in [0.15, 0.2) is 0 Å². The fourth-order valence-corrected chi connectivity index (χ4v) is 5.80. The second-order valence-electron chi connectivity index (χ2n) is 9.68. The van der Waals surface area contributed by atoms with Gasteiger partial charge in [-0.2, -0.15) is 0 Å². The second kappa shape index (κ2) is 6.98. The maximum absolute atomic E-state index is 13.2. The van der Waals surface area contributed by atoms with Crippen LogP contribution in [0.3, 0.4) is 0 Å². The van der Waals surface area contributed by atoms with Gasteiger partial charge in [0.1, 0.15) is 23.6 Å². The minimum Gasteiger partial charge on any atom is -0.466 e. The Kier molecular flexibility index (Phi) is 5.30. The van der Waals surface area contributed by atoms with E-state index in [9.17, 15) is 14.4 Å². The largest absolute Gasteiger partial charge is 0.466 e. The number of carbonyl (C=O) groups excluding carboxylic acids is 3. The van der Waals surface area contributed by atoms with Crippen LogP contribution in [0.25, 0.3) is 0 Å². The smallest absolute Gasteiger partial charge is 0.313 e. The van der Waals surface area contributed by atoms with Gasteiger partial charge >= 0.3 is 5.97 Å². The predicted molar refractivity (Wildman–Crippen MR) is 101 cm³/mol. The van der Waals surface area contributed by atoms with Gasteiger partial charge in [0.25, 0.3) is 0 Å². The minimum atomic E-state index is -0.509. The average molecular weight is 379 g/mol. The van der Waals surface area contributed by atoms with Crippen LogP contribution in [0.1, 0.15) is 79.6 Å². The van der Waals surface area contributed by atoms with Crippen molar-refractivity contribution in [1.82, 2.24) is 0 Å². The van der Waals surface area contributed by atoms with E-state index in [4.69, 9.17) is 9.47 Å². The van der Waals surface area contributed by atoms with Crippen LogP contribution in [0.2, 0.25) is 0 Å². The van der Waals surface area contributed by atoms with Crippen molar-refractivity contribution in [2.24, 2.45) is 22.7 Å². The SMILES string of the molecule is CCOC(=O)CC(=O)CC[C@@]1(C)CC[C@]2(C)[C@@H](C(C)C)C[C@@H]3O[C@@]32CC1=O. The summed E-state index contributed by atoms with van der Waals surface area (Å²) in [5.74, 6) is 0.763. The van der Waals surface area contributed by atoms with Gasteiger partial charge in [-0.25, -0.2) is 0 Å². The topological polar surface area (TPSA) is 73.0 Å². The molecule has 1 spiro atoms. The zero-order chi connectivity index (χ0) is 20.0. The molecule has 1 heterocycles. The highest BCUT2D eigenvalue weighted by atomic mass is 16.6. The van der Waals surface area contributed by atoms with Gasteiger partial charge < -0.3 is 9.47 Å². The van der Waals surface area contributed by atoms with E-state index in [0.717, 1.165) is 19.3 Å². The van der Waals surface area contributed by atoms with Gasteiger partial charge in [0, 0.05) is 23.7 Å². The first-order valence-corrected chi connectivity index (χ1v) is 10.5. The molecule has 152 valence electrons. The van der Waals surface area contributed by atoms with Crippen LogP contribution in [0.5, 0.6) is 0 Å². The van der Waals surface area contributed by atoms with Crippen molar-refractivity contribution in [2.75, 3.05) is 6.61 Å². The highest BCUT2D eigenvalue weighted by molar-refractivity contribution is 5.96. The molecule has 5 atom stereocenters. The second-order valence-corrected chi connectivity index (χ2v) is 9.68. The quantitative estimate of drug-likeness (QED) is 0.382. The predicted octanol–water partition coefficient (Wildman–Crippen LogP) is 3.87. The molecule has 5 heteroatoms. The first kappa shape index (κ1) is 20.5. The van der Waals surface area contributed by atoms with Crippen molar-refractivity contribution in [3.05, 3.63) is 0 Å². The third-order valence-corrected chi connectivity index (χ3v) is 7.77. The lowest BCUT2D eigenvalue weighted by Crippen LogP contribution is -2.40. The molecule has 0 aromatic heterocycles. The third kappa shape index (κ3) is 3.37. The van der Waals surface area contributed by atoms with Crippen LogP contribution in [-0.2, 0) is 23.9 Å². The fraction of sp³-hybridized carbons (Fsp3) is 0.864. The van der Waals surface area contributed by atoms with E-state index < -0.39 is 11.4 Å². The maximum atomic E-state index is 13.2. The fourth-order valence-electron chi connectivity index (χ4n) is 5.80. The van der Waals surface area contributed by atoms with Gasteiger partial charge in [-0.15, -0.1) is 0 Å². The average Bonchev–Trinajstić information content (AvgIpc) is 3.25. The molecule has 0 aromatic carbocycles. The molecule has 5 nitrogen and oxygen atoms in total. The van der Waals surface area contributed by atoms with Crippen LogP contribution < -0.4 is 0 Å². The summed E-state index contributed by atoms with van der Waals surface area (Å²) in [6.45, 7) is 10.9. The highest BCUT2D eigenvalue weighted by Crippen LogP contribution is 2.70. The normalized spacial score (nSPS) is 40.3. The Morgan fingerprint density at radius 2 is 1.96 bits per heavy atom. The first-order chi connectivity index (χ1) is 12.6. The molecule has 3 fully saturated rings. The summed E-state index contributed by atoms with van der Waals surface area (Å²) in [6, 6.07) is 0. The van der Waals surface area contributed by atoms with Crippen molar-refractivity contribution >= 4 is 17.5 Å². The van der Waals surface area contributed by atoms with Gasteiger partial charge in [0.05, 0.1) is 12.7 Å². The first-order valence-electron chi connectivity index (χ1n) is 10.5. The molecule has 0 bridgehead atoms. The standard InChI is InChI=1S/C22H34O5/c1-6-26-19(25)11-15(23)7-8-20(4)9-10-21(5)16(14(2)3)12-18-22(21,27-18)13-17(20)24/h14,16,18H,6-13H2,1-5H3/t16-,18+,20+,21-,22+/m1/s1. The number of hydrogen-bond donors (Lipinski definition) is 0. The Balaban J connectivity index is 1.67. The number of rotatable bonds is 7. The van der Waals surface area contributed by atoms with E-state index in [1.165, 1.54) is 0 Å². The molecule has 0 N–H and O–H groups in total. The van der Waals surface area contributed by atoms with Crippen LogP contribution in [0, 0.1) is 22.7 Å².